The van der Waals surface area contributed by atoms with Crippen molar-refractivity contribution in [2.75, 3.05) is 43.9 Å². The summed E-state index contributed by atoms with van der Waals surface area (Å²) >= 11 is 0. The highest BCUT2D eigenvalue weighted by Gasteiger charge is 2.34. The molecule has 2 aromatic rings. The molecule has 8 nitrogen and oxygen atoms in total. The van der Waals surface area contributed by atoms with Gasteiger partial charge >= 0.3 is 6.18 Å². The average Bonchev–Trinajstić information content (AvgIpc) is 3.61. The first-order valence-electron chi connectivity index (χ1n) is 10.4. The summed E-state index contributed by atoms with van der Waals surface area (Å²) in [4.78, 5) is 23.9. The Morgan fingerprint density at radius 1 is 1.15 bits per heavy atom. The third-order valence-corrected chi connectivity index (χ3v) is 6.67. The zero-order valence-electron chi connectivity index (χ0n) is 17.9. The van der Waals surface area contributed by atoms with Crippen molar-refractivity contribution in [3.63, 3.8) is 0 Å². The van der Waals surface area contributed by atoms with Crippen LogP contribution in [0.15, 0.2) is 35.4 Å². The van der Waals surface area contributed by atoms with E-state index in [1.807, 2.05) is 0 Å². The van der Waals surface area contributed by atoms with E-state index in [0.29, 0.717) is 18.3 Å². The van der Waals surface area contributed by atoms with Gasteiger partial charge in [-0.1, -0.05) is 0 Å². The van der Waals surface area contributed by atoms with Gasteiger partial charge in [0.1, 0.15) is 11.4 Å². The summed E-state index contributed by atoms with van der Waals surface area (Å²) in [7, 11) is -3.53. The number of carbonyl (C=O) groups is 1. The van der Waals surface area contributed by atoms with Gasteiger partial charge in [0, 0.05) is 38.6 Å². The molecule has 4 rings (SSSR count). The van der Waals surface area contributed by atoms with Crippen molar-refractivity contribution >= 4 is 21.7 Å². The van der Waals surface area contributed by atoms with Crippen molar-refractivity contribution in [1.82, 2.24) is 14.9 Å². The maximum atomic E-state index is 13.2. The summed E-state index contributed by atoms with van der Waals surface area (Å²) < 4.78 is 68.6. The van der Waals surface area contributed by atoms with Crippen LogP contribution in [0.2, 0.25) is 0 Å². The van der Waals surface area contributed by atoms with Gasteiger partial charge in [-0.2, -0.15) is 13.2 Å². The van der Waals surface area contributed by atoms with Crippen LogP contribution in [0, 0.1) is 5.92 Å². The second-order valence-corrected chi connectivity index (χ2v) is 10.2. The van der Waals surface area contributed by atoms with Crippen molar-refractivity contribution in [2.24, 2.45) is 5.92 Å². The highest BCUT2D eigenvalue weighted by molar-refractivity contribution is 7.90. The van der Waals surface area contributed by atoms with E-state index in [1.165, 1.54) is 23.1 Å². The number of ether oxygens (including phenoxy) is 1. The molecule has 1 aromatic carbocycles. The Labute approximate surface area is 189 Å². The number of anilines is 1. The fraction of sp³-hybridized carbons (Fsp3) is 0.476. The van der Waals surface area contributed by atoms with Gasteiger partial charge in [-0.05, 0) is 43.0 Å². The average molecular weight is 485 g/mol. The lowest BCUT2D eigenvalue weighted by Crippen LogP contribution is -2.49. The van der Waals surface area contributed by atoms with E-state index in [2.05, 4.69) is 9.97 Å². The maximum absolute atomic E-state index is 13.2. The largest absolute Gasteiger partial charge is 0.492 e. The number of alkyl halides is 3. The molecule has 1 saturated carbocycles. The molecule has 0 spiro atoms. The highest BCUT2D eigenvalue weighted by atomic mass is 32.2. The Bertz CT molecular complexity index is 1140. The summed E-state index contributed by atoms with van der Waals surface area (Å²) in [6.45, 7) is 1.35. The molecule has 1 saturated heterocycles. The summed E-state index contributed by atoms with van der Waals surface area (Å²) in [6, 6.07) is 5.04. The van der Waals surface area contributed by atoms with E-state index in [1.54, 1.807) is 4.90 Å². The van der Waals surface area contributed by atoms with Gasteiger partial charge in [0.2, 0.25) is 5.95 Å². The van der Waals surface area contributed by atoms with Gasteiger partial charge in [0.05, 0.1) is 17.1 Å². The maximum Gasteiger partial charge on any atom is 0.433 e. The van der Waals surface area contributed by atoms with Crippen LogP contribution in [-0.2, 0) is 16.0 Å². The molecular formula is C21H23F3N4O4S. The van der Waals surface area contributed by atoms with E-state index < -0.39 is 27.6 Å². The number of halogens is 3. The first-order chi connectivity index (χ1) is 15.5. The molecule has 0 unspecified atom stereocenters. The summed E-state index contributed by atoms with van der Waals surface area (Å²) in [6.07, 6.45) is -0.330. The molecule has 178 valence electrons. The molecule has 12 heteroatoms. The van der Waals surface area contributed by atoms with Gasteiger partial charge in [-0.25, -0.2) is 18.4 Å². The molecule has 0 bridgehead atoms. The van der Waals surface area contributed by atoms with Crippen LogP contribution >= 0.6 is 0 Å². The minimum Gasteiger partial charge on any atom is -0.492 e. The van der Waals surface area contributed by atoms with Crippen LogP contribution < -0.4 is 9.64 Å². The van der Waals surface area contributed by atoms with Crippen molar-refractivity contribution in [3.8, 4) is 5.75 Å². The molecule has 1 aliphatic heterocycles. The number of sulfone groups is 1. The zero-order chi connectivity index (χ0) is 23.8. The molecule has 2 heterocycles. The van der Waals surface area contributed by atoms with Crippen molar-refractivity contribution in [3.05, 3.63) is 41.7 Å². The number of hydrogen-bond donors (Lipinski definition) is 0. The molecular weight excluding hydrogens is 461 g/mol. The molecule has 0 atom stereocenters. The van der Waals surface area contributed by atoms with Crippen LogP contribution in [0.4, 0.5) is 19.1 Å². The molecule has 0 radical (unpaired) electrons. The number of nitrogens with zero attached hydrogens (tertiary/aromatic N) is 4. The summed E-state index contributed by atoms with van der Waals surface area (Å²) in [5.41, 5.74) is -0.872. The molecule has 1 aromatic heterocycles. The number of amides is 1. The predicted octanol–water partition coefficient (Wildman–Crippen LogP) is 2.65. The Kier molecular flexibility index (Phi) is 6.21. The van der Waals surface area contributed by atoms with Crippen LogP contribution in [0.3, 0.4) is 0 Å². The quantitative estimate of drug-likeness (QED) is 0.622. The first kappa shape index (κ1) is 23.3. The van der Waals surface area contributed by atoms with Gasteiger partial charge in [0.25, 0.3) is 5.91 Å². The topological polar surface area (TPSA) is 92.7 Å². The normalized spacial score (nSPS) is 17.2. The van der Waals surface area contributed by atoms with E-state index in [-0.39, 0.29) is 42.6 Å². The molecule has 2 fully saturated rings. The number of aromatic nitrogens is 2. The number of piperazine rings is 1. The van der Waals surface area contributed by atoms with Crippen LogP contribution in [-0.4, -0.2) is 68.2 Å². The molecule has 1 aliphatic carbocycles. The highest BCUT2D eigenvalue weighted by Crippen LogP contribution is 2.32. The van der Waals surface area contributed by atoms with E-state index in [4.69, 9.17) is 4.74 Å². The Morgan fingerprint density at radius 3 is 2.45 bits per heavy atom. The van der Waals surface area contributed by atoms with Gasteiger partial charge in [-0.15, -0.1) is 0 Å². The summed E-state index contributed by atoms with van der Waals surface area (Å²) in [5.74, 6) is 0.321. The van der Waals surface area contributed by atoms with Crippen LogP contribution in [0.1, 0.15) is 28.9 Å². The van der Waals surface area contributed by atoms with E-state index in [0.717, 1.165) is 31.4 Å². The minimum atomic E-state index is -4.57. The van der Waals surface area contributed by atoms with Gasteiger partial charge < -0.3 is 14.5 Å². The van der Waals surface area contributed by atoms with Gasteiger partial charge in [0.15, 0.2) is 9.84 Å². The second kappa shape index (κ2) is 8.81. The van der Waals surface area contributed by atoms with Crippen LogP contribution in [0.5, 0.6) is 5.75 Å². The standard InChI is InChI=1S/C21H23F3N4O4S/c1-33(30,31)15-4-5-17(32-13-14-2-3-14)16(12-15)19(29)27-8-10-28(11-9-27)20-25-7-6-18(26-20)21(22,23)24/h4-7,12,14H,2-3,8-11,13H2,1H3. The predicted molar refractivity (Wildman–Crippen MR) is 113 cm³/mol. The molecule has 33 heavy (non-hydrogen) atoms. The van der Waals surface area contributed by atoms with Crippen molar-refractivity contribution in [2.45, 2.75) is 23.9 Å². The lowest BCUT2D eigenvalue weighted by Gasteiger charge is -2.35. The van der Waals surface area contributed by atoms with Crippen molar-refractivity contribution in [1.29, 1.82) is 0 Å². The molecule has 0 N–H and O–H groups in total. The van der Waals surface area contributed by atoms with E-state index in [9.17, 15) is 26.4 Å². The first-order valence-corrected chi connectivity index (χ1v) is 12.3. The number of carbonyl (C=O) groups excluding carboxylic acids is 1. The number of hydrogen-bond acceptors (Lipinski definition) is 7. The SMILES string of the molecule is CS(=O)(=O)c1ccc(OCC2CC2)c(C(=O)N2CCN(c3nccc(C(F)(F)F)n3)CC2)c1. The van der Waals surface area contributed by atoms with E-state index >= 15 is 0 Å². The monoisotopic (exact) mass is 484 g/mol. The van der Waals surface area contributed by atoms with Gasteiger partial charge in [-0.3, -0.25) is 4.79 Å². The Hall–Kier alpha value is -2.89. The minimum absolute atomic E-state index is 0.0145. The summed E-state index contributed by atoms with van der Waals surface area (Å²) in [5, 5.41) is 0. The smallest absolute Gasteiger partial charge is 0.433 e. The molecule has 1 amide bonds. The second-order valence-electron chi connectivity index (χ2n) is 8.20. The fourth-order valence-corrected chi connectivity index (χ4v) is 4.11. The number of benzene rings is 1. The third kappa shape index (κ3) is 5.55. The Balaban J connectivity index is 1.50. The third-order valence-electron chi connectivity index (χ3n) is 5.56. The lowest BCUT2D eigenvalue weighted by atomic mass is 10.1. The zero-order valence-corrected chi connectivity index (χ0v) is 18.7. The lowest BCUT2D eigenvalue weighted by molar-refractivity contribution is -0.141. The van der Waals surface area contributed by atoms with Crippen molar-refractivity contribution < 1.29 is 31.1 Å². The Morgan fingerprint density at radius 2 is 1.85 bits per heavy atom. The fourth-order valence-electron chi connectivity index (χ4n) is 3.46. The molecule has 2 aliphatic rings. The van der Waals surface area contributed by atoms with Crippen LogP contribution in [0.25, 0.3) is 0 Å². The number of rotatable bonds is 6.